The van der Waals surface area contributed by atoms with E-state index in [-0.39, 0.29) is 6.04 Å². The highest BCUT2D eigenvalue weighted by atomic mass is 16.6. The van der Waals surface area contributed by atoms with Gasteiger partial charge in [-0.25, -0.2) is 14.8 Å². The number of benzene rings is 1. The minimum absolute atomic E-state index is 0.129. The van der Waals surface area contributed by atoms with Gasteiger partial charge in [-0.1, -0.05) is 24.3 Å². The molecule has 1 amide bonds. The summed E-state index contributed by atoms with van der Waals surface area (Å²) in [6.07, 6.45) is 4.62. The topological polar surface area (TPSA) is 64.1 Å². The highest BCUT2D eigenvalue weighted by Gasteiger charge is 2.18. The molecule has 0 saturated heterocycles. The number of nitrogens with zero attached hydrogens (tertiary/aromatic N) is 2. The number of alkyl carbamates (subject to hydrolysis) is 1. The van der Waals surface area contributed by atoms with Crippen LogP contribution >= 0.6 is 0 Å². The van der Waals surface area contributed by atoms with Crippen LogP contribution in [-0.2, 0) is 4.74 Å². The van der Waals surface area contributed by atoms with Crippen molar-refractivity contribution in [3.8, 4) is 11.1 Å². The van der Waals surface area contributed by atoms with E-state index in [0.717, 1.165) is 16.7 Å². The minimum atomic E-state index is -0.499. The molecule has 1 atom stereocenters. The Labute approximate surface area is 130 Å². The molecule has 1 aromatic heterocycles. The van der Waals surface area contributed by atoms with Crippen LogP contribution < -0.4 is 5.32 Å². The van der Waals surface area contributed by atoms with Gasteiger partial charge >= 0.3 is 6.09 Å². The first-order chi connectivity index (χ1) is 10.3. The molecule has 0 aliphatic carbocycles. The number of carbonyl (C=O) groups excluding carboxylic acids is 1. The first kappa shape index (κ1) is 15.9. The maximum Gasteiger partial charge on any atom is 0.408 e. The molecule has 0 unspecified atom stereocenters. The van der Waals surface area contributed by atoms with Crippen molar-refractivity contribution in [2.45, 2.75) is 39.3 Å². The van der Waals surface area contributed by atoms with Gasteiger partial charge in [0.2, 0.25) is 0 Å². The summed E-state index contributed by atoms with van der Waals surface area (Å²) in [4.78, 5) is 19.8. The lowest BCUT2D eigenvalue weighted by Crippen LogP contribution is -2.34. The van der Waals surface area contributed by atoms with Crippen molar-refractivity contribution >= 4 is 6.09 Å². The van der Waals surface area contributed by atoms with Gasteiger partial charge in [-0.2, -0.15) is 0 Å². The molecule has 0 saturated carbocycles. The molecule has 116 valence electrons. The number of rotatable bonds is 3. The maximum atomic E-state index is 11.8. The first-order valence-corrected chi connectivity index (χ1v) is 7.20. The predicted octanol–water partition coefficient (Wildman–Crippen LogP) is 3.73. The fraction of sp³-hybridized carbons (Fsp3) is 0.353. The molecule has 22 heavy (non-hydrogen) atoms. The third-order valence-corrected chi connectivity index (χ3v) is 3.04. The zero-order valence-corrected chi connectivity index (χ0v) is 13.3. The number of hydrogen-bond acceptors (Lipinski definition) is 4. The van der Waals surface area contributed by atoms with Crippen LogP contribution in [0.15, 0.2) is 43.0 Å². The Hall–Kier alpha value is -2.43. The maximum absolute atomic E-state index is 11.8. The summed E-state index contributed by atoms with van der Waals surface area (Å²) >= 11 is 0. The molecule has 0 aliphatic heterocycles. The molecular formula is C17H21N3O2. The van der Waals surface area contributed by atoms with E-state index < -0.39 is 11.7 Å². The second-order valence-electron chi connectivity index (χ2n) is 6.12. The van der Waals surface area contributed by atoms with Crippen LogP contribution in [0.4, 0.5) is 4.79 Å². The van der Waals surface area contributed by atoms with Gasteiger partial charge in [0.25, 0.3) is 0 Å². The molecule has 1 heterocycles. The van der Waals surface area contributed by atoms with Crippen LogP contribution in [0.2, 0.25) is 0 Å². The Morgan fingerprint density at radius 3 is 2.23 bits per heavy atom. The van der Waals surface area contributed by atoms with E-state index in [1.54, 1.807) is 12.4 Å². The second kappa shape index (κ2) is 6.56. The Balaban J connectivity index is 2.02. The Kier molecular flexibility index (Phi) is 4.75. The van der Waals surface area contributed by atoms with E-state index in [2.05, 4.69) is 15.3 Å². The SMILES string of the molecule is C[C@@H](NC(=O)OC(C)(C)C)c1ccc(-c2cncnc2)cc1. The predicted molar refractivity (Wildman–Crippen MR) is 85.3 cm³/mol. The van der Waals surface area contributed by atoms with Gasteiger partial charge in [-0.3, -0.25) is 0 Å². The third kappa shape index (κ3) is 4.55. The number of hydrogen-bond donors (Lipinski definition) is 1. The summed E-state index contributed by atoms with van der Waals surface area (Å²) < 4.78 is 5.26. The molecule has 5 heteroatoms. The van der Waals surface area contributed by atoms with Crippen molar-refractivity contribution in [2.24, 2.45) is 0 Å². The van der Waals surface area contributed by atoms with Crippen molar-refractivity contribution in [3.63, 3.8) is 0 Å². The van der Waals surface area contributed by atoms with Crippen molar-refractivity contribution in [2.75, 3.05) is 0 Å². The average molecular weight is 299 g/mol. The molecule has 0 fully saturated rings. The van der Waals surface area contributed by atoms with Crippen molar-refractivity contribution < 1.29 is 9.53 Å². The van der Waals surface area contributed by atoms with Gasteiger partial charge in [0, 0.05) is 18.0 Å². The number of amides is 1. The number of carbonyl (C=O) groups is 1. The summed E-state index contributed by atoms with van der Waals surface area (Å²) in [6.45, 7) is 7.44. The molecule has 0 aliphatic rings. The molecule has 2 aromatic rings. The van der Waals surface area contributed by atoms with Crippen LogP contribution in [0.5, 0.6) is 0 Å². The molecule has 5 nitrogen and oxygen atoms in total. The highest BCUT2D eigenvalue weighted by molar-refractivity contribution is 5.68. The van der Waals surface area contributed by atoms with Crippen LogP contribution in [0.3, 0.4) is 0 Å². The zero-order valence-electron chi connectivity index (χ0n) is 13.3. The lowest BCUT2D eigenvalue weighted by molar-refractivity contribution is 0.0508. The van der Waals surface area contributed by atoms with Gasteiger partial charge in [-0.05, 0) is 38.8 Å². The molecule has 0 bridgehead atoms. The minimum Gasteiger partial charge on any atom is -0.444 e. The van der Waals surface area contributed by atoms with Gasteiger partial charge in [0.15, 0.2) is 0 Å². The average Bonchev–Trinajstić information content (AvgIpc) is 2.46. The molecule has 2 rings (SSSR count). The van der Waals surface area contributed by atoms with E-state index in [0.29, 0.717) is 0 Å². The van der Waals surface area contributed by atoms with Crippen LogP contribution in [0, 0.1) is 0 Å². The smallest absolute Gasteiger partial charge is 0.408 e. The number of ether oxygens (including phenoxy) is 1. The fourth-order valence-electron chi connectivity index (χ4n) is 1.98. The van der Waals surface area contributed by atoms with Crippen LogP contribution in [-0.4, -0.2) is 21.7 Å². The highest BCUT2D eigenvalue weighted by Crippen LogP contribution is 2.21. The van der Waals surface area contributed by atoms with Crippen LogP contribution in [0.25, 0.3) is 11.1 Å². The molecule has 1 aromatic carbocycles. The van der Waals surface area contributed by atoms with E-state index in [1.165, 1.54) is 6.33 Å². The summed E-state index contributed by atoms with van der Waals surface area (Å²) in [5, 5.41) is 2.83. The Bertz CT molecular complexity index is 619. The van der Waals surface area contributed by atoms with Crippen LogP contribution in [0.1, 0.15) is 39.3 Å². The van der Waals surface area contributed by atoms with Crippen molar-refractivity contribution in [1.82, 2.24) is 15.3 Å². The quantitative estimate of drug-likeness (QED) is 0.938. The number of aromatic nitrogens is 2. The van der Waals surface area contributed by atoms with E-state index in [1.807, 2.05) is 52.0 Å². The normalized spacial score (nSPS) is 12.5. The number of nitrogens with one attached hydrogen (secondary N) is 1. The molecule has 1 N–H and O–H groups in total. The van der Waals surface area contributed by atoms with E-state index in [4.69, 9.17) is 4.74 Å². The van der Waals surface area contributed by atoms with E-state index in [9.17, 15) is 4.79 Å². The zero-order chi connectivity index (χ0) is 16.2. The lowest BCUT2D eigenvalue weighted by Gasteiger charge is -2.22. The summed E-state index contributed by atoms with van der Waals surface area (Å²) in [5.41, 5.74) is 2.50. The molecule has 0 radical (unpaired) electrons. The first-order valence-electron chi connectivity index (χ1n) is 7.20. The Morgan fingerprint density at radius 1 is 1.09 bits per heavy atom. The molecular weight excluding hydrogens is 278 g/mol. The summed E-state index contributed by atoms with van der Waals surface area (Å²) in [5.74, 6) is 0. The second-order valence-corrected chi connectivity index (χ2v) is 6.12. The lowest BCUT2D eigenvalue weighted by atomic mass is 10.0. The van der Waals surface area contributed by atoms with Gasteiger partial charge < -0.3 is 10.1 Å². The molecule has 0 spiro atoms. The van der Waals surface area contributed by atoms with Gasteiger partial charge in [-0.15, -0.1) is 0 Å². The third-order valence-electron chi connectivity index (χ3n) is 3.04. The van der Waals surface area contributed by atoms with Crippen molar-refractivity contribution in [3.05, 3.63) is 48.5 Å². The largest absolute Gasteiger partial charge is 0.444 e. The fourth-order valence-corrected chi connectivity index (χ4v) is 1.98. The summed E-state index contributed by atoms with van der Waals surface area (Å²) in [6, 6.07) is 7.80. The van der Waals surface area contributed by atoms with Gasteiger partial charge in [0.1, 0.15) is 11.9 Å². The van der Waals surface area contributed by atoms with Gasteiger partial charge in [0.05, 0.1) is 6.04 Å². The summed E-state index contributed by atoms with van der Waals surface area (Å²) in [7, 11) is 0. The van der Waals surface area contributed by atoms with E-state index >= 15 is 0 Å². The standard InChI is InChI=1S/C17H21N3O2/c1-12(20-16(21)22-17(2,3)4)13-5-7-14(8-6-13)15-9-18-11-19-10-15/h5-12H,1-4H3,(H,20,21)/t12-/m1/s1. The van der Waals surface area contributed by atoms with Crippen molar-refractivity contribution in [1.29, 1.82) is 0 Å². The Morgan fingerprint density at radius 2 is 1.68 bits per heavy atom. The monoisotopic (exact) mass is 299 g/mol.